The fourth-order valence-corrected chi connectivity index (χ4v) is 3.42. The second kappa shape index (κ2) is 5.66. The smallest absolute Gasteiger partial charge is 0.172 e. The molecule has 1 aromatic rings. The third kappa shape index (κ3) is 2.58. The van der Waals surface area contributed by atoms with Crippen LogP contribution in [0.1, 0.15) is 54.9 Å². The van der Waals surface area contributed by atoms with Crippen LogP contribution in [0.4, 0.5) is 0 Å². The maximum absolute atomic E-state index is 12.9. The van der Waals surface area contributed by atoms with Crippen molar-refractivity contribution in [3.8, 4) is 5.75 Å². The maximum atomic E-state index is 12.9. The Balaban J connectivity index is 2.46. The number of benzene rings is 1. The minimum Gasteiger partial charge on any atom is -0.496 e. The summed E-state index contributed by atoms with van der Waals surface area (Å²) >= 11 is 3.52. The van der Waals surface area contributed by atoms with Crippen LogP contribution in [0.15, 0.2) is 16.6 Å². The van der Waals surface area contributed by atoms with Crippen molar-refractivity contribution < 1.29 is 9.53 Å². The largest absolute Gasteiger partial charge is 0.496 e. The number of methoxy groups -OCH3 is 1. The monoisotopic (exact) mass is 324 g/mol. The summed E-state index contributed by atoms with van der Waals surface area (Å²) in [7, 11) is 1.63. The second-order valence-electron chi connectivity index (χ2n) is 5.47. The molecule has 0 N–H and O–H groups in total. The van der Waals surface area contributed by atoms with Crippen LogP contribution in [0.3, 0.4) is 0 Å². The van der Waals surface area contributed by atoms with Gasteiger partial charge in [-0.25, -0.2) is 0 Å². The molecule has 0 saturated heterocycles. The van der Waals surface area contributed by atoms with E-state index in [1.165, 1.54) is 0 Å². The van der Waals surface area contributed by atoms with Gasteiger partial charge in [-0.1, -0.05) is 35.7 Å². The lowest BCUT2D eigenvalue weighted by atomic mass is 9.76. The predicted molar refractivity (Wildman–Crippen MR) is 81.0 cm³/mol. The summed E-state index contributed by atoms with van der Waals surface area (Å²) in [5.74, 6) is 0.954. The van der Waals surface area contributed by atoms with E-state index in [1.54, 1.807) is 7.11 Å². The normalized spacial score (nSPS) is 17.5. The minimum absolute atomic E-state index is 0.165. The van der Waals surface area contributed by atoms with Crippen molar-refractivity contribution in [1.29, 1.82) is 0 Å². The molecule has 0 radical (unpaired) electrons. The molecule has 0 spiro atoms. The molecule has 0 aromatic heterocycles. The lowest BCUT2D eigenvalue weighted by Crippen LogP contribution is -2.27. The van der Waals surface area contributed by atoms with E-state index in [-0.39, 0.29) is 11.2 Å². The third-order valence-electron chi connectivity index (χ3n) is 4.44. The summed E-state index contributed by atoms with van der Waals surface area (Å²) in [6.45, 7) is 4.13. The summed E-state index contributed by atoms with van der Waals surface area (Å²) in [4.78, 5) is 12.9. The van der Waals surface area contributed by atoms with Crippen molar-refractivity contribution in [3.63, 3.8) is 0 Å². The first kappa shape index (κ1) is 14.6. The highest BCUT2D eigenvalue weighted by molar-refractivity contribution is 9.10. The zero-order chi connectivity index (χ0) is 14.0. The Labute approximate surface area is 123 Å². The highest BCUT2D eigenvalue weighted by atomic mass is 79.9. The van der Waals surface area contributed by atoms with Crippen molar-refractivity contribution in [2.45, 2.75) is 46.0 Å². The molecule has 19 heavy (non-hydrogen) atoms. The Bertz CT molecular complexity index is 488. The van der Waals surface area contributed by atoms with Crippen LogP contribution in [0.2, 0.25) is 0 Å². The number of carbonyl (C=O) groups excluding carboxylic acids is 1. The first-order valence-electron chi connectivity index (χ1n) is 6.93. The number of halogens is 1. The van der Waals surface area contributed by atoms with E-state index >= 15 is 0 Å². The van der Waals surface area contributed by atoms with E-state index in [9.17, 15) is 4.79 Å². The number of hydrogen-bond donors (Lipinski definition) is 0. The molecule has 0 heterocycles. The van der Waals surface area contributed by atoms with Gasteiger partial charge in [0.25, 0.3) is 0 Å². The van der Waals surface area contributed by atoms with Crippen LogP contribution in [0.25, 0.3) is 0 Å². The molecule has 0 unspecified atom stereocenters. The number of carbonyl (C=O) groups is 1. The fourth-order valence-electron chi connectivity index (χ4n) is 3.08. The Kier molecular flexibility index (Phi) is 4.34. The lowest BCUT2D eigenvalue weighted by molar-refractivity contribution is 0.0788. The number of ketones is 1. The van der Waals surface area contributed by atoms with Crippen molar-refractivity contribution in [2.24, 2.45) is 5.41 Å². The first-order chi connectivity index (χ1) is 9.04. The molecular weight excluding hydrogens is 304 g/mol. The van der Waals surface area contributed by atoms with Gasteiger partial charge in [0.15, 0.2) is 5.78 Å². The first-order valence-corrected chi connectivity index (χ1v) is 7.72. The fraction of sp³-hybridized carbons (Fsp3) is 0.562. The topological polar surface area (TPSA) is 26.3 Å². The van der Waals surface area contributed by atoms with Gasteiger partial charge in [0, 0.05) is 9.89 Å². The lowest BCUT2D eigenvalue weighted by Gasteiger charge is -2.26. The van der Waals surface area contributed by atoms with Crippen LogP contribution in [0, 0.1) is 12.3 Å². The van der Waals surface area contributed by atoms with Crippen molar-refractivity contribution in [2.75, 3.05) is 7.11 Å². The van der Waals surface area contributed by atoms with Gasteiger partial charge in [-0.2, -0.15) is 0 Å². The van der Waals surface area contributed by atoms with Gasteiger partial charge in [-0.3, -0.25) is 4.79 Å². The summed E-state index contributed by atoms with van der Waals surface area (Å²) in [5.41, 5.74) is 1.65. The molecule has 0 aliphatic heterocycles. The van der Waals surface area contributed by atoms with Gasteiger partial charge >= 0.3 is 0 Å². The second-order valence-corrected chi connectivity index (χ2v) is 6.33. The van der Waals surface area contributed by atoms with Gasteiger partial charge in [0.05, 0.1) is 12.7 Å². The van der Waals surface area contributed by atoms with Gasteiger partial charge in [0.1, 0.15) is 5.75 Å². The van der Waals surface area contributed by atoms with Crippen molar-refractivity contribution >= 4 is 21.7 Å². The average molecular weight is 325 g/mol. The SMILES string of the molecule is CCC1(C(=O)c2cc(Br)c(C)cc2OC)CCCC1. The predicted octanol–water partition coefficient (Wildman–Crippen LogP) is 4.92. The zero-order valence-corrected chi connectivity index (χ0v) is 13.5. The Hall–Kier alpha value is -0.830. The van der Waals surface area contributed by atoms with Crippen molar-refractivity contribution in [1.82, 2.24) is 0 Å². The van der Waals surface area contributed by atoms with Crippen LogP contribution in [-0.2, 0) is 0 Å². The summed E-state index contributed by atoms with van der Waals surface area (Å²) in [6.07, 6.45) is 5.26. The third-order valence-corrected chi connectivity index (χ3v) is 5.30. The minimum atomic E-state index is -0.165. The molecule has 1 fully saturated rings. The molecule has 3 heteroatoms. The molecule has 0 amide bonds. The summed E-state index contributed by atoms with van der Waals surface area (Å²) in [6, 6.07) is 3.86. The number of ether oxygens (including phenoxy) is 1. The Morgan fingerprint density at radius 3 is 2.53 bits per heavy atom. The molecule has 0 bridgehead atoms. The molecule has 1 saturated carbocycles. The maximum Gasteiger partial charge on any atom is 0.172 e. The molecule has 104 valence electrons. The number of hydrogen-bond acceptors (Lipinski definition) is 2. The summed E-state index contributed by atoms with van der Waals surface area (Å²) < 4.78 is 6.38. The Morgan fingerprint density at radius 2 is 2.00 bits per heavy atom. The van der Waals surface area contributed by atoms with Gasteiger partial charge in [-0.15, -0.1) is 0 Å². The van der Waals surface area contributed by atoms with Gasteiger partial charge in [0.2, 0.25) is 0 Å². The molecule has 1 aliphatic rings. The average Bonchev–Trinajstić information content (AvgIpc) is 2.90. The highest BCUT2D eigenvalue weighted by Gasteiger charge is 2.40. The van der Waals surface area contributed by atoms with E-state index in [0.717, 1.165) is 47.7 Å². The Morgan fingerprint density at radius 1 is 1.37 bits per heavy atom. The van der Waals surface area contributed by atoms with Crippen LogP contribution in [-0.4, -0.2) is 12.9 Å². The molecule has 1 aliphatic carbocycles. The van der Waals surface area contributed by atoms with E-state index in [0.29, 0.717) is 5.75 Å². The molecule has 1 aromatic carbocycles. The number of rotatable bonds is 4. The van der Waals surface area contributed by atoms with E-state index in [1.807, 2.05) is 19.1 Å². The highest BCUT2D eigenvalue weighted by Crippen LogP contribution is 2.45. The van der Waals surface area contributed by atoms with Gasteiger partial charge < -0.3 is 4.74 Å². The van der Waals surface area contributed by atoms with E-state index < -0.39 is 0 Å². The number of Topliss-reactive ketones (excluding diaryl/α,β-unsaturated/α-hetero) is 1. The standard InChI is InChI=1S/C16H21BrO2/c1-4-16(7-5-6-8-16)15(18)12-10-13(17)11(2)9-14(12)19-3/h9-10H,4-8H2,1-3H3. The molecule has 0 atom stereocenters. The van der Waals surface area contributed by atoms with Gasteiger partial charge in [-0.05, 0) is 43.9 Å². The van der Waals surface area contributed by atoms with Crippen LogP contribution in [0.5, 0.6) is 5.75 Å². The van der Waals surface area contributed by atoms with Crippen LogP contribution < -0.4 is 4.74 Å². The molecular formula is C16H21BrO2. The van der Waals surface area contributed by atoms with Crippen molar-refractivity contribution in [3.05, 3.63) is 27.7 Å². The van der Waals surface area contributed by atoms with E-state index in [4.69, 9.17) is 4.74 Å². The van der Waals surface area contributed by atoms with E-state index in [2.05, 4.69) is 22.9 Å². The molecule has 2 rings (SSSR count). The zero-order valence-electron chi connectivity index (χ0n) is 11.9. The van der Waals surface area contributed by atoms with Crippen LogP contribution >= 0.6 is 15.9 Å². The molecule has 2 nitrogen and oxygen atoms in total. The summed E-state index contributed by atoms with van der Waals surface area (Å²) in [5, 5.41) is 0. The number of aryl methyl sites for hydroxylation is 1. The quantitative estimate of drug-likeness (QED) is 0.735.